The zero-order chi connectivity index (χ0) is 20.5. The second-order valence-corrected chi connectivity index (χ2v) is 6.10. The molecule has 0 aliphatic heterocycles. The molecule has 7 heteroatoms. The molecule has 6 nitrogen and oxygen atoms in total. The molecule has 0 unspecified atom stereocenters. The lowest BCUT2D eigenvalue weighted by molar-refractivity contribution is -0.142. The van der Waals surface area contributed by atoms with Crippen molar-refractivity contribution >= 4 is 35.2 Å². The monoisotopic (exact) mass is 403 g/mol. The Morgan fingerprint density at radius 3 is 2.54 bits per heavy atom. The molecule has 0 N–H and O–H groups in total. The Morgan fingerprint density at radius 1 is 1.18 bits per heavy atom. The van der Waals surface area contributed by atoms with Crippen LogP contribution in [0, 0.1) is 0 Å². The Morgan fingerprint density at radius 2 is 1.89 bits per heavy atom. The van der Waals surface area contributed by atoms with Crippen LogP contribution in [0.25, 0.3) is 6.08 Å². The normalized spacial score (nSPS) is 10.6. The van der Waals surface area contributed by atoms with Gasteiger partial charge >= 0.3 is 5.97 Å². The molecule has 28 heavy (non-hydrogen) atoms. The molecular formula is C21H22ClNO5. The van der Waals surface area contributed by atoms with Crippen LogP contribution in [0.15, 0.2) is 48.5 Å². The fraction of sp³-hybridized carbons (Fsp3) is 0.238. The highest BCUT2D eigenvalue weighted by Gasteiger charge is 2.13. The van der Waals surface area contributed by atoms with E-state index in [4.69, 9.17) is 25.8 Å². The maximum atomic E-state index is 12.1. The van der Waals surface area contributed by atoms with E-state index in [9.17, 15) is 9.59 Å². The number of para-hydroxylation sites is 1. The van der Waals surface area contributed by atoms with E-state index in [1.807, 2.05) is 25.1 Å². The number of esters is 1. The van der Waals surface area contributed by atoms with Gasteiger partial charge in [-0.25, -0.2) is 4.79 Å². The van der Waals surface area contributed by atoms with Gasteiger partial charge in [0.05, 0.1) is 18.7 Å². The smallest absolute Gasteiger partial charge is 0.331 e. The molecule has 148 valence electrons. The number of halogens is 1. The van der Waals surface area contributed by atoms with Gasteiger partial charge in [-0.3, -0.25) is 4.79 Å². The minimum atomic E-state index is -0.640. The van der Waals surface area contributed by atoms with Gasteiger partial charge in [-0.05, 0) is 42.8 Å². The molecule has 0 fully saturated rings. The Kier molecular flexibility index (Phi) is 7.89. The van der Waals surface area contributed by atoms with Crippen LogP contribution in [-0.4, -0.2) is 39.2 Å². The molecule has 0 heterocycles. The van der Waals surface area contributed by atoms with Crippen molar-refractivity contribution < 1.29 is 23.8 Å². The third-order valence-corrected chi connectivity index (χ3v) is 4.09. The Bertz CT molecular complexity index is 851. The van der Waals surface area contributed by atoms with Crippen LogP contribution in [0.1, 0.15) is 12.5 Å². The van der Waals surface area contributed by atoms with Crippen LogP contribution in [0.5, 0.6) is 11.5 Å². The summed E-state index contributed by atoms with van der Waals surface area (Å²) in [5.74, 6) is -0.0690. The van der Waals surface area contributed by atoms with Crippen molar-refractivity contribution in [3.8, 4) is 11.5 Å². The summed E-state index contributed by atoms with van der Waals surface area (Å²) in [6.07, 6.45) is 2.75. The van der Waals surface area contributed by atoms with E-state index in [0.717, 1.165) is 5.69 Å². The SMILES string of the molecule is CCOc1c(Cl)cc(/C=C/C(=O)OCC(=O)N(C)c2ccccc2)cc1OC. The predicted octanol–water partition coefficient (Wildman–Crippen LogP) is 3.97. The average Bonchev–Trinajstić information content (AvgIpc) is 2.72. The molecule has 2 aromatic rings. The molecule has 0 bridgehead atoms. The molecule has 2 aromatic carbocycles. The van der Waals surface area contributed by atoms with E-state index in [0.29, 0.717) is 28.7 Å². The number of amides is 1. The first-order valence-electron chi connectivity index (χ1n) is 8.63. The standard InChI is InChI=1S/C21H22ClNO5/c1-4-27-21-17(22)12-15(13-18(21)26-3)10-11-20(25)28-14-19(24)23(2)16-8-6-5-7-9-16/h5-13H,4,14H2,1-3H3/b11-10+. The second-order valence-electron chi connectivity index (χ2n) is 5.70. The van der Waals surface area contributed by atoms with E-state index in [-0.39, 0.29) is 12.5 Å². The van der Waals surface area contributed by atoms with E-state index in [1.165, 1.54) is 24.2 Å². The van der Waals surface area contributed by atoms with E-state index in [2.05, 4.69) is 0 Å². The lowest BCUT2D eigenvalue weighted by atomic mass is 10.2. The molecule has 0 atom stereocenters. The molecule has 0 spiro atoms. The second kappa shape index (κ2) is 10.4. The number of anilines is 1. The first-order valence-corrected chi connectivity index (χ1v) is 9.00. The van der Waals surface area contributed by atoms with Gasteiger partial charge in [0.25, 0.3) is 5.91 Å². The number of likely N-dealkylation sites (N-methyl/N-ethyl adjacent to an activating group) is 1. The van der Waals surface area contributed by atoms with Crippen LogP contribution >= 0.6 is 11.6 Å². The van der Waals surface area contributed by atoms with Gasteiger partial charge in [-0.2, -0.15) is 0 Å². The van der Waals surface area contributed by atoms with Gasteiger partial charge in [0.15, 0.2) is 18.1 Å². The van der Waals surface area contributed by atoms with E-state index >= 15 is 0 Å². The van der Waals surface area contributed by atoms with Gasteiger partial charge in [-0.1, -0.05) is 29.8 Å². The van der Waals surface area contributed by atoms with Crippen LogP contribution in [0.4, 0.5) is 5.69 Å². The molecule has 0 aromatic heterocycles. The van der Waals surface area contributed by atoms with Gasteiger partial charge < -0.3 is 19.1 Å². The van der Waals surface area contributed by atoms with Gasteiger partial charge in [-0.15, -0.1) is 0 Å². The number of nitrogens with zero attached hydrogens (tertiary/aromatic N) is 1. The zero-order valence-electron chi connectivity index (χ0n) is 16.0. The fourth-order valence-corrected chi connectivity index (χ4v) is 2.63. The first kappa shape index (κ1) is 21.3. The fourth-order valence-electron chi connectivity index (χ4n) is 2.36. The van der Waals surface area contributed by atoms with Gasteiger partial charge in [0, 0.05) is 18.8 Å². The Hall–Kier alpha value is -2.99. The topological polar surface area (TPSA) is 65.1 Å². The summed E-state index contributed by atoms with van der Waals surface area (Å²) in [4.78, 5) is 25.5. The summed E-state index contributed by atoms with van der Waals surface area (Å²) in [7, 11) is 3.13. The number of hydrogen-bond acceptors (Lipinski definition) is 5. The highest BCUT2D eigenvalue weighted by molar-refractivity contribution is 6.32. The van der Waals surface area contributed by atoms with E-state index in [1.54, 1.807) is 31.3 Å². The van der Waals surface area contributed by atoms with Crippen molar-refractivity contribution in [2.45, 2.75) is 6.92 Å². The molecule has 0 saturated heterocycles. The number of carbonyl (C=O) groups is 2. The lowest BCUT2D eigenvalue weighted by Gasteiger charge is -2.16. The van der Waals surface area contributed by atoms with Crippen molar-refractivity contribution in [1.29, 1.82) is 0 Å². The van der Waals surface area contributed by atoms with Crippen LogP contribution in [-0.2, 0) is 14.3 Å². The third-order valence-electron chi connectivity index (χ3n) is 3.81. The highest BCUT2D eigenvalue weighted by Crippen LogP contribution is 2.36. The lowest BCUT2D eigenvalue weighted by Crippen LogP contribution is -2.30. The van der Waals surface area contributed by atoms with Crippen molar-refractivity contribution in [1.82, 2.24) is 0 Å². The number of hydrogen-bond donors (Lipinski definition) is 0. The van der Waals surface area contributed by atoms with Crippen molar-refractivity contribution in [3.05, 3.63) is 59.1 Å². The number of methoxy groups -OCH3 is 1. The van der Waals surface area contributed by atoms with Gasteiger partial charge in [0.2, 0.25) is 0 Å². The number of carbonyl (C=O) groups excluding carboxylic acids is 2. The molecule has 0 radical (unpaired) electrons. The van der Waals surface area contributed by atoms with Gasteiger partial charge in [0.1, 0.15) is 0 Å². The summed E-state index contributed by atoms with van der Waals surface area (Å²) in [5, 5.41) is 0.369. The molecule has 0 saturated carbocycles. The van der Waals surface area contributed by atoms with Crippen LogP contribution < -0.4 is 14.4 Å². The van der Waals surface area contributed by atoms with E-state index < -0.39 is 5.97 Å². The minimum absolute atomic E-state index is 0.335. The number of rotatable bonds is 8. The summed E-state index contributed by atoms with van der Waals surface area (Å²) in [5.41, 5.74) is 1.35. The third kappa shape index (κ3) is 5.76. The summed E-state index contributed by atoms with van der Waals surface area (Å²) < 4.78 is 15.7. The van der Waals surface area contributed by atoms with Crippen molar-refractivity contribution in [2.75, 3.05) is 32.3 Å². The van der Waals surface area contributed by atoms with Crippen LogP contribution in [0.2, 0.25) is 5.02 Å². The number of benzene rings is 2. The summed E-state index contributed by atoms with van der Waals surface area (Å²) in [6.45, 7) is 1.93. The Labute approximate surface area is 169 Å². The molecule has 0 aliphatic rings. The van der Waals surface area contributed by atoms with Crippen molar-refractivity contribution in [3.63, 3.8) is 0 Å². The largest absolute Gasteiger partial charge is 0.493 e. The Balaban J connectivity index is 1.96. The minimum Gasteiger partial charge on any atom is -0.493 e. The number of ether oxygens (including phenoxy) is 3. The van der Waals surface area contributed by atoms with Crippen molar-refractivity contribution in [2.24, 2.45) is 0 Å². The highest BCUT2D eigenvalue weighted by atomic mass is 35.5. The molecular weight excluding hydrogens is 382 g/mol. The average molecular weight is 404 g/mol. The quantitative estimate of drug-likeness (QED) is 0.493. The molecule has 2 rings (SSSR count). The molecule has 0 aliphatic carbocycles. The summed E-state index contributed by atoms with van der Waals surface area (Å²) >= 11 is 6.20. The maximum Gasteiger partial charge on any atom is 0.331 e. The zero-order valence-corrected chi connectivity index (χ0v) is 16.7. The summed E-state index contributed by atoms with van der Waals surface area (Å²) in [6, 6.07) is 12.4. The molecule has 1 amide bonds. The van der Waals surface area contributed by atoms with Crippen LogP contribution in [0.3, 0.4) is 0 Å². The first-order chi connectivity index (χ1) is 13.5. The maximum absolute atomic E-state index is 12.1. The predicted molar refractivity (Wildman–Crippen MR) is 109 cm³/mol.